The predicted molar refractivity (Wildman–Crippen MR) is 63.1 cm³/mol. The maximum Gasteiger partial charge on any atom is 0.471 e. The number of carbonyl (C=O) groups is 1. The molecule has 0 aromatic heterocycles. The van der Waals surface area contributed by atoms with Gasteiger partial charge in [0.05, 0.1) is 0 Å². The highest BCUT2D eigenvalue weighted by atomic mass is 19.4. The number of carbonyl (C=O) groups excluding carboxylic acids is 1. The first-order valence-electron chi connectivity index (χ1n) is 5.74. The molecule has 0 spiro atoms. The third-order valence-electron chi connectivity index (χ3n) is 2.61. The summed E-state index contributed by atoms with van der Waals surface area (Å²) in [7, 11) is 0. The van der Waals surface area contributed by atoms with E-state index >= 15 is 0 Å². The van der Waals surface area contributed by atoms with E-state index in [1.165, 1.54) is 0 Å². The summed E-state index contributed by atoms with van der Waals surface area (Å²) in [6.45, 7) is 3.23. The van der Waals surface area contributed by atoms with Crippen LogP contribution in [-0.2, 0) is 11.2 Å². The highest BCUT2D eigenvalue weighted by molar-refractivity contribution is 5.82. The van der Waals surface area contributed by atoms with Gasteiger partial charge in [0, 0.05) is 12.6 Å². The summed E-state index contributed by atoms with van der Waals surface area (Å²) in [4.78, 5) is 12.1. The molecular weight excluding hydrogens is 243 g/mol. The van der Waals surface area contributed by atoms with Gasteiger partial charge in [0.15, 0.2) is 0 Å². The maximum atomic E-state index is 12.4. The third-order valence-corrected chi connectivity index (χ3v) is 2.61. The zero-order chi connectivity index (χ0) is 13.8. The van der Waals surface area contributed by atoms with Gasteiger partial charge in [0.25, 0.3) is 0 Å². The number of alkyl halides is 3. The molecule has 0 N–H and O–H groups in total. The van der Waals surface area contributed by atoms with Gasteiger partial charge in [-0.15, -0.1) is 0 Å². The van der Waals surface area contributed by atoms with Gasteiger partial charge in [-0.05, 0) is 25.8 Å². The van der Waals surface area contributed by atoms with Crippen LogP contribution in [0.1, 0.15) is 19.4 Å². The molecule has 0 bridgehead atoms. The number of amides is 1. The van der Waals surface area contributed by atoms with Crippen molar-refractivity contribution in [2.75, 3.05) is 6.54 Å². The second kappa shape index (κ2) is 5.89. The van der Waals surface area contributed by atoms with Crippen LogP contribution in [0.3, 0.4) is 0 Å². The monoisotopic (exact) mass is 259 g/mol. The summed E-state index contributed by atoms with van der Waals surface area (Å²) in [5, 5.41) is 0. The Morgan fingerprint density at radius 1 is 1.22 bits per heavy atom. The number of halogens is 3. The molecule has 1 aromatic rings. The van der Waals surface area contributed by atoms with Gasteiger partial charge in [0.1, 0.15) is 0 Å². The van der Waals surface area contributed by atoms with E-state index in [0.717, 1.165) is 10.5 Å². The largest absolute Gasteiger partial charge is 0.471 e. The van der Waals surface area contributed by atoms with Crippen molar-refractivity contribution in [3.05, 3.63) is 35.9 Å². The quantitative estimate of drug-likeness (QED) is 0.814. The molecule has 0 fully saturated rings. The lowest BCUT2D eigenvalue weighted by Crippen LogP contribution is -2.45. The van der Waals surface area contributed by atoms with Crippen LogP contribution < -0.4 is 0 Å². The highest BCUT2D eigenvalue weighted by Gasteiger charge is 2.42. The summed E-state index contributed by atoms with van der Waals surface area (Å²) >= 11 is 0. The number of nitrogens with zero attached hydrogens (tertiary/aromatic N) is 1. The smallest absolute Gasteiger partial charge is 0.332 e. The number of benzene rings is 1. The van der Waals surface area contributed by atoms with E-state index in [1.807, 2.05) is 30.3 Å². The lowest BCUT2D eigenvalue weighted by Gasteiger charge is -2.27. The van der Waals surface area contributed by atoms with Gasteiger partial charge >= 0.3 is 12.1 Å². The van der Waals surface area contributed by atoms with Crippen LogP contribution in [0.15, 0.2) is 30.3 Å². The van der Waals surface area contributed by atoms with Crippen LogP contribution >= 0.6 is 0 Å². The first-order valence-corrected chi connectivity index (χ1v) is 5.74. The van der Waals surface area contributed by atoms with Gasteiger partial charge in [-0.1, -0.05) is 30.3 Å². The fourth-order valence-corrected chi connectivity index (χ4v) is 1.65. The predicted octanol–water partition coefficient (Wildman–Crippen LogP) is 3.03. The minimum Gasteiger partial charge on any atom is -0.332 e. The van der Waals surface area contributed by atoms with E-state index in [9.17, 15) is 18.0 Å². The fourth-order valence-electron chi connectivity index (χ4n) is 1.65. The molecule has 0 radical (unpaired) electrons. The Morgan fingerprint density at radius 2 is 1.78 bits per heavy atom. The molecule has 100 valence electrons. The van der Waals surface area contributed by atoms with E-state index < -0.39 is 18.1 Å². The van der Waals surface area contributed by atoms with Gasteiger partial charge in [-0.3, -0.25) is 4.79 Å². The first kappa shape index (κ1) is 14.5. The molecule has 0 saturated carbocycles. The Labute approximate surface area is 104 Å². The van der Waals surface area contributed by atoms with Crippen molar-refractivity contribution in [3.8, 4) is 0 Å². The molecule has 0 atom stereocenters. The standard InChI is InChI=1S/C13H16F3NO/c1-10(2)17(12(18)13(14,15)16)9-8-11-6-4-3-5-7-11/h3-7,10H,8-9H2,1-2H3. The molecule has 2 nitrogen and oxygen atoms in total. The van der Waals surface area contributed by atoms with E-state index in [2.05, 4.69) is 0 Å². The topological polar surface area (TPSA) is 20.3 Å². The normalized spacial score (nSPS) is 11.7. The molecular formula is C13H16F3NO. The summed E-state index contributed by atoms with van der Waals surface area (Å²) in [5.41, 5.74) is 0.915. The zero-order valence-electron chi connectivity index (χ0n) is 10.4. The van der Waals surface area contributed by atoms with Gasteiger partial charge in [-0.2, -0.15) is 13.2 Å². The Hall–Kier alpha value is -1.52. The number of hydrogen-bond acceptors (Lipinski definition) is 1. The maximum absolute atomic E-state index is 12.4. The first-order chi connectivity index (χ1) is 8.32. The molecule has 5 heteroatoms. The van der Waals surface area contributed by atoms with E-state index in [-0.39, 0.29) is 6.54 Å². The fraction of sp³-hybridized carbons (Fsp3) is 0.462. The van der Waals surface area contributed by atoms with Crippen molar-refractivity contribution in [3.63, 3.8) is 0 Å². The average molecular weight is 259 g/mol. The van der Waals surface area contributed by atoms with Crippen LogP contribution in [0.25, 0.3) is 0 Å². The van der Waals surface area contributed by atoms with Crippen LogP contribution in [-0.4, -0.2) is 29.6 Å². The minimum atomic E-state index is -4.80. The van der Waals surface area contributed by atoms with Gasteiger partial charge in [0.2, 0.25) is 0 Å². The third kappa shape index (κ3) is 4.05. The van der Waals surface area contributed by atoms with E-state index in [4.69, 9.17) is 0 Å². The lowest BCUT2D eigenvalue weighted by atomic mass is 10.1. The van der Waals surface area contributed by atoms with Crippen molar-refractivity contribution >= 4 is 5.91 Å². The summed E-state index contributed by atoms with van der Waals surface area (Å²) in [6.07, 6.45) is -4.39. The second-order valence-electron chi connectivity index (χ2n) is 4.33. The molecule has 1 rings (SSSR count). The molecule has 0 unspecified atom stereocenters. The SMILES string of the molecule is CC(C)N(CCc1ccccc1)C(=O)C(F)(F)F. The Morgan fingerprint density at radius 3 is 2.22 bits per heavy atom. The van der Waals surface area contributed by atoms with Crippen LogP contribution in [0.2, 0.25) is 0 Å². The molecule has 0 aliphatic heterocycles. The van der Waals surface area contributed by atoms with E-state index in [0.29, 0.717) is 6.42 Å². The second-order valence-corrected chi connectivity index (χ2v) is 4.33. The van der Waals surface area contributed by atoms with Crippen molar-refractivity contribution in [1.29, 1.82) is 0 Å². The Kier molecular flexibility index (Phi) is 4.76. The minimum absolute atomic E-state index is 0.0695. The van der Waals surface area contributed by atoms with Crippen molar-refractivity contribution in [2.45, 2.75) is 32.5 Å². The Balaban J connectivity index is 2.68. The number of hydrogen-bond donors (Lipinski definition) is 0. The zero-order valence-corrected chi connectivity index (χ0v) is 10.4. The van der Waals surface area contributed by atoms with Crippen LogP contribution in [0.4, 0.5) is 13.2 Å². The Bertz CT molecular complexity index is 387. The lowest BCUT2D eigenvalue weighted by molar-refractivity contribution is -0.187. The molecule has 0 aliphatic rings. The van der Waals surface area contributed by atoms with Gasteiger partial charge in [-0.25, -0.2) is 0 Å². The molecule has 0 saturated heterocycles. The van der Waals surface area contributed by atoms with Crippen LogP contribution in [0, 0.1) is 0 Å². The molecule has 1 amide bonds. The average Bonchev–Trinajstić information content (AvgIpc) is 2.28. The highest BCUT2D eigenvalue weighted by Crippen LogP contribution is 2.20. The summed E-state index contributed by atoms with van der Waals surface area (Å²) < 4.78 is 37.2. The number of rotatable bonds is 4. The molecule has 1 aromatic carbocycles. The van der Waals surface area contributed by atoms with Crippen molar-refractivity contribution in [1.82, 2.24) is 4.90 Å². The summed E-state index contributed by atoms with van der Waals surface area (Å²) in [5.74, 6) is -1.77. The van der Waals surface area contributed by atoms with E-state index in [1.54, 1.807) is 13.8 Å². The molecule has 18 heavy (non-hydrogen) atoms. The van der Waals surface area contributed by atoms with Crippen LogP contribution in [0.5, 0.6) is 0 Å². The van der Waals surface area contributed by atoms with Gasteiger partial charge < -0.3 is 4.90 Å². The van der Waals surface area contributed by atoms with Crippen molar-refractivity contribution in [2.24, 2.45) is 0 Å². The molecule has 0 heterocycles. The van der Waals surface area contributed by atoms with Crippen molar-refractivity contribution < 1.29 is 18.0 Å². The summed E-state index contributed by atoms with van der Waals surface area (Å²) in [6, 6.07) is 8.67. The molecule has 0 aliphatic carbocycles.